The molecule has 0 aromatic carbocycles. The molecule has 184 valence electrons. The number of nitrogens with one attached hydrogen (secondary N) is 1. The van der Waals surface area contributed by atoms with Gasteiger partial charge in [-0.25, -0.2) is 4.98 Å². The van der Waals surface area contributed by atoms with Crippen LogP contribution in [0.5, 0.6) is 0 Å². The van der Waals surface area contributed by atoms with Gasteiger partial charge in [0.05, 0.1) is 23.5 Å². The van der Waals surface area contributed by atoms with Crippen molar-refractivity contribution < 1.29 is 19.1 Å². The Morgan fingerprint density at radius 2 is 2.11 bits per heavy atom. The molecule has 2 aromatic heterocycles. The number of hydrogen-bond donors (Lipinski definition) is 1. The zero-order valence-electron chi connectivity index (χ0n) is 19.5. The molecule has 0 spiro atoms. The highest BCUT2D eigenvalue weighted by atomic mass is 32.2. The van der Waals surface area contributed by atoms with Crippen molar-refractivity contribution in [3.05, 3.63) is 45.2 Å². The van der Waals surface area contributed by atoms with Gasteiger partial charge in [-0.1, -0.05) is 30.0 Å². The third kappa shape index (κ3) is 4.80. The number of carbonyl (C=O) groups excluding carboxylic acids is 3. The van der Waals surface area contributed by atoms with E-state index in [0.29, 0.717) is 28.0 Å². The number of thiocarbonyl (C=S) groups is 1. The molecule has 35 heavy (non-hydrogen) atoms. The van der Waals surface area contributed by atoms with Gasteiger partial charge in [0.25, 0.3) is 11.5 Å². The highest BCUT2D eigenvalue weighted by molar-refractivity contribution is 8.26. The van der Waals surface area contributed by atoms with E-state index in [4.69, 9.17) is 17.0 Å². The van der Waals surface area contributed by atoms with Crippen molar-refractivity contribution in [3.8, 4) is 0 Å². The standard InChI is InChI=1S/C23H25N5O5S2/c1-4-33-18(29)12-15-20(30)24-8-10-26(15)19-14(21(31)27-9-6-5-7-17(27)25-19)11-16-22(32)28(13(2)3)23(34)35-16/h5-7,9,11,13,15H,4,8,10,12H2,1-3H3,(H,24,30)/b16-11-. The molecule has 0 bridgehead atoms. The van der Waals surface area contributed by atoms with Gasteiger partial charge < -0.3 is 15.0 Å². The van der Waals surface area contributed by atoms with E-state index in [1.54, 1.807) is 36.2 Å². The van der Waals surface area contributed by atoms with Crippen LogP contribution in [0.2, 0.25) is 0 Å². The van der Waals surface area contributed by atoms with Crippen LogP contribution >= 0.6 is 24.0 Å². The summed E-state index contributed by atoms with van der Waals surface area (Å²) in [5, 5.41) is 2.76. The van der Waals surface area contributed by atoms with Crippen LogP contribution in [-0.2, 0) is 19.1 Å². The lowest BCUT2D eigenvalue weighted by atomic mass is 10.1. The molecule has 2 aliphatic rings. The van der Waals surface area contributed by atoms with Crippen molar-refractivity contribution in [3.63, 3.8) is 0 Å². The summed E-state index contributed by atoms with van der Waals surface area (Å²) in [6.07, 6.45) is 2.87. The number of thioether (sulfide) groups is 1. The predicted molar refractivity (Wildman–Crippen MR) is 137 cm³/mol. The van der Waals surface area contributed by atoms with Crippen LogP contribution in [0, 0.1) is 0 Å². The van der Waals surface area contributed by atoms with Crippen LogP contribution in [0.15, 0.2) is 34.1 Å². The minimum atomic E-state index is -0.918. The normalized spacial score (nSPS) is 19.7. The lowest BCUT2D eigenvalue weighted by Gasteiger charge is -2.36. The number of amides is 2. The predicted octanol–water partition coefficient (Wildman–Crippen LogP) is 1.56. The van der Waals surface area contributed by atoms with E-state index in [2.05, 4.69) is 10.3 Å². The number of aromatic nitrogens is 2. The van der Waals surface area contributed by atoms with Crippen LogP contribution in [0.3, 0.4) is 0 Å². The number of hydrogen-bond acceptors (Lipinski definition) is 9. The summed E-state index contributed by atoms with van der Waals surface area (Å²) < 4.78 is 6.84. The molecular weight excluding hydrogens is 490 g/mol. The van der Waals surface area contributed by atoms with Crippen molar-refractivity contribution in [2.75, 3.05) is 24.6 Å². The Balaban J connectivity index is 1.87. The maximum absolute atomic E-state index is 13.6. The molecular formula is C23H25N5O5S2. The Morgan fingerprint density at radius 3 is 2.80 bits per heavy atom. The Kier molecular flexibility index (Phi) is 7.22. The van der Waals surface area contributed by atoms with Crippen molar-refractivity contribution in [1.29, 1.82) is 0 Å². The van der Waals surface area contributed by atoms with E-state index < -0.39 is 17.6 Å². The van der Waals surface area contributed by atoms with Gasteiger partial charge in [-0.15, -0.1) is 0 Å². The van der Waals surface area contributed by atoms with Crippen LogP contribution in [0.25, 0.3) is 11.7 Å². The van der Waals surface area contributed by atoms with Gasteiger partial charge in [-0.2, -0.15) is 0 Å². The van der Waals surface area contributed by atoms with Crippen molar-refractivity contribution in [2.45, 2.75) is 39.3 Å². The van der Waals surface area contributed by atoms with Gasteiger partial charge in [0, 0.05) is 25.3 Å². The molecule has 2 fully saturated rings. The minimum Gasteiger partial charge on any atom is -0.466 e. The first-order valence-electron chi connectivity index (χ1n) is 11.2. The largest absolute Gasteiger partial charge is 0.466 e. The zero-order chi connectivity index (χ0) is 25.3. The topological polar surface area (TPSA) is 113 Å². The number of ether oxygens (including phenoxy) is 1. The summed E-state index contributed by atoms with van der Waals surface area (Å²) in [6, 6.07) is 4.08. The Morgan fingerprint density at radius 1 is 1.34 bits per heavy atom. The van der Waals surface area contributed by atoms with Gasteiger partial charge in [0.2, 0.25) is 5.91 Å². The second-order valence-electron chi connectivity index (χ2n) is 8.24. The smallest absolute Gasteiger partial charge is 0.308 e. The highest BCUT2D eigenvalue weighted by Crippen LogP contribution is 2.35. The maximum Gasteiger partial charge on any atom is 0.308 e. The molecule has 4 rings (SSSR count). The molecule has 2 aliphatic heterocycles. The Hall–Kier alpha value is -3.25. The van der Waals surface area contributed by atoms with Gasteiger partial charge in [0.1, 0.15) is 21.8 Å². The second-order valence-corrected chi connectivity index (χ2v) is 9.91. The van der Waals surface area contributed by atoms with Gasteiger partial charge in [0.15, 0.2) is 0 Å². The van der Waals surface area contributed by atoms with E-state index in [9.17, 15) is 19.2 Å². The lowest BCUT2D eigenvalue weighted by Crippen LogP contribution is -2.57. The zero-order valence-corrected chi connectivity index (χ0v) is 21.1. The van der Waals surface area contributed by atoms with E-state index in [-0.39, 0.29) is 42.3 Å². The number of pyridine rings is 1. The average molecular weight is 516 g/mol. The third-order valence-corrected chi connectivity index (χ3v) is 6.96. The number of nitrogens with zero attached hydrogens (tertiary/aromatic N) is 4. The van der Waals surface area contributed by atoms with Crippen LogP contribution in [-0.4, -0.2) is 68.2 Å². The molecule has 1 N–H and O–H groups in total. The number of piperazine rings is 1. The van der Waals surface area contributed by atoms with Crippen molar-refractivity contribution in [2.24, 2.45) is 0 Å². The molecule has 4 heterocycles. The average Bonchev–Trinajstić information content (AvgIpc) is 3.10. The minimum absolute atomic E-state index is 0.136. The van der Waals surface area contributed by atoms with Crippen LogP contribution in [0.1, 0.15) is 32.8 Å². The maximum atomic E-state index is 13.6. The summed E-state index contributed by atoms with van der Waals surface area (Å²) in [6.45, 7) is 6.22. The molecule has 0 aliphatic carbocycles. The van der Waals surface area contributed by atoms with E-state index in [1.165, 1.54) is 15.4 Å². The molecule has 10 nitrogen and oxygen atoms in total. The second kappa shape index (κ2) is 10.2. The van der Waals surface area contributed by atoms with Crippen LogP contribution < -0.4 is 15.8 Å². The monoisotopic (exact) mass is 515 g/mol. The van der Waals surface area contributed by atoms with Crippen molar-refractivity contribution >= 4 is 63.6 Å². The first kappa shape index (κ1) is 24.9. The SMILES string of the molecule is CCOC(=O)CC1C(=O)NCCN1c1nc2ccccn2c(=O)c1/C=C1\SC(=S)N(C(C)C)C1=O. The fraction of sp³-hybridized carbons (Fsp3) is 0.391. The van der Waals surface area contributed by atoms with E-state index in [1.807, 2.05) is 13.8 Å². The van der Waals surface area contributed by atoms with Crippen molar-refractivity contribution in [1.82, 2.24) is 19.6 Å². The number of anilines is 1. The quantitative estimate of drug-likeness (QED) is 0.348. The number of fused-ring (bicyclic) bond motifs is 1. The molecule has 2 amide bonds. The summed E-state index contributed by atoms with van der Waals surface area (Å²) in [7, 11) is 0. The lowest BCUT2D eigenvalue weighted by molar-refractivity contribution is -0.145. The van der Waals surface area contributed by atoms with Crippen LogP contribution in [0.4, 0.5) is 5.82 Å². The van der Waals surface area contributed by atoms with Gasteiger partial charge in [-0.05, 0) is 39.0 Å². The van der Waals surface area contributed by atoms with E-state index in [0.717, 1.165) is 11.8 Å². The Labute approximate surface area is 211 Å². The molecule has 0 radical (unpaired) electrons. The molecule has 2 aromatic rings. The summed E-state index contributed by atoms with van der Waals surface area (Å²) in [4.78, 5) is 59.8. The third-order valence-electron chi connectivity index (χ3n) is 5.63. The summed E-state index contributed by atoms with van der Waals surface area (Å²) in [5.74, 6) is -0.967. The number of rotatable bonds is 6. The Bertz CT molecular complexity index is 1300. The number of esters is 1. The molecule has 12 heteroatoms. The molecule has 1 unspecified atom stereocenters. The van der Waals surface area contributed by atoms with Gasteiger partial charge in [-0.3, -0.25) is 28.5 Å². The molecule has 2 saturated heterocycles. The fourth-order valence-corrected chi connectivity index (χ4v) is 5.55. The van der Waals surface area contributed by atoms with E-state index >= 15 is 0 Å². The highest BCUT2D eigenvalue weighted by Gasteiger charge is 2.37. The summed E-state index contributed by atoms with van der Waals surface area (Å²) in [5.41, 5.74) is 0.114. The first-order chi connectivity index (χ1) is 16.7. The van der Waals surface area contributed by atoms with Gasteiger partial charge >= 0.3 is 5.97 Å². The molecule has 0 saturated carbocycles. The molecule has 1 atom stereocenters. The summed E-state index contributed by atoms with van der Waals surface area (Å²) >= 11 is 6.49. The first-order valence-corrected chi connectivity index (χ1v) is 12.4. The fourth-order valence-electron chi connectivity index (χ4n) is 4.04. The number of carbonyl (C=O) groups is 3.